The molecular formula is C28H21FN2O4. The van der Waals surface area contributed by atoms with Crippen molar-refractivity contribution >= 4 is 39.5 Å². The fourth-order valence-corrected chi connectivity index (χ4v) is 4.21. The Bertz CT molecular complexity index is 1490. The molecule has 4 aromatic rings. The van der Waals surface area contributed by atoms with E-state index in [2.05, 4.69) is 5.32 Å². The normalized spacial score (nSPS) is 13.5. The van der Waals surface area contributed by atoms with E-state index in [-0.39, 0.29) is 11.3 Å². The number of imide groups is 1. The molecule has 1 aliphatic heterocycles. The van der Waals surface area contributed by atoms with Crippen LogP contribution < -0.4 is 19.7 Å². The van der Waals surface area contributed by atoms with Gasteiger partial charge >= 0.3 is 0 Å². The zero-order chi connectivity index (χ0) is 24.5. The molecule has 1 aliphatic rings. The van der Waals surface area contributed by atoms with Crippen molar-refractivity contribution in [3.05, 3.63) is 102 Å². The van der Waals surface area contributed by atoms with Crippen LogP contribution in [0.5, 0.6) is 11.5 Å². The van der Waals surface area contributed by atoms with Crippen molar-refractivity contribution in [3.8, 4) is 11.5 Å². The van der Waals surface area contributed by atoms with Crippen LogP contribution >= 0.6 is 0 Å². The first-order chi connectivity index (χ1) is 17.0. The molecule has 5 rings (SSSR count). The standard InChI is InChI=1S/C28H21FN2O4/c1-34-23-15-14-20(16-24(23)35-2)30-26-25(18-10-12-19(29)13-11-18)27(32)31(28(26)33)22-9-5-7-17-6-3-4-8-21(17)22/h3-16,30H,1-2H3. The molecule has 0 atom stereocenters. The van der Waals surface area contributed by atoms with Crippen LogP contribution in [0.2, 0.25) is 0 Å². The molecule has 174 valence electrons. The number of nitrogens with one attached hydrogen (secondary N) is 1. The highest BCUT2D eigenvalue weighted by atomic mass is 19.1. The number of ether oxygens (including phenoxy) is 2. The van der Waals surface area contributed by atoms with Crippen molar-refractivity contribution in [2.45, 2.75) is 0 Å². The van der Waals surface area contributed by atoms with Gasteiger partial charge in [0, 0.05) is 17.1 Å². The molecule has 0 aliphatic carbocycles. The molecule has 1 N–H and O–H groups in total. The summed E-state index contributed by atoms with van der Waals surface area (Å²) in [7, 11) is 3.04. The van der Waals surface area contributed by atoms with E-state index < -0.39 is 17.6 Å². The molecule has 4 aromatic carbocycles. The zero-order valence-electron chi connectivity index (χ0n) is 19.0. The van der Waals surface area contributed by atoms with Crippen LogP contribution in [-0.2, 0) is 9.59 Å². The lowest BCUT2D eigenvalue weighted by atomic mass is 10.0. The first kappa shape index (κ1) is 22.2. The van der Waals surface area contributed by atoms with Crippen LogP contribution in [0.4, 0.5) is 15.8 Å². The number of amides is 2. The maximum absolute atomic E-state index is 13.7. The maximum atomic E-state index is 13.7. The van der Waals surface area contributed by atoms with Crippen molar-refractivity contribution in [2.24, 2.45) is 0 Å². The first-order valence-corrected chi connectivity index (χ1v) is 10.9. The topological polar surface area (TPSA) is 67.9 Å². The van der Waals surface area contributed by atoms with Gasteiger partial charge in [-0.25, -0.2) is 9.29 Å². The van der Waals surface area contributed by atoms with Gasteiger partial charge in [0.1, 0.15) is 11.5 Å². The van der Waals surface area contributed by atoms with Crippen molar-refractivity contribution in [2.75, 3.05) is 24.4 Å². The Hall–Kier alpha value is -4.65. The number of benzene rings is 4. The number of methoxy groups -OCH3 is 2. The molecule has 35 heavy (non-hydrogen) atoms. The number of hydrogen-bond donors (Lipinski definition) is 1. The fourth-order valence-electron chi connectivity index (χ4n) is 4.21. The van der Waals surface area contributed by atoms with Gasteiger partial charge in [-0.1, -0.05) is 48.5 Å². The number of carbonyl (C=O) groups excluding carboxylic acids is 2. The summed E-state index contributed by atoms with van der Waals surface area (Å²) < 4.78 is 24.3. The van der Waals surface area contributed by atoms with E-state index in [0.717, 1.165) is 15.7 Å². The van der Waals surface area contributed by atoms with Crippen molar-refractivity contribution in [1.82, 2.24) is 0 Å². The van der Waals surface area contributed by atoms with Gasteiger partial charge in [-0.15, -0.1) is 0 Å². The van der Waals surface area contributed by atoms with Gasteiger partial charge in [0.15, 0.2) is 11.5 Å². The highest BCUT2D eigenvalue weighted by Crippen LogP contribution is 2.38. The summed E-state index contributed by atoms with van der Waals surface area (Å²) in [6.07, 6.45) is 0. The summed E-state index contributed by atoms with van der Waals surface area (Å²) in [5.74, 6) is -0.464. The predicted molar refractivity (Wildman–Crippen MR) is 133 cm³/mol. The number of anilines is 2. The number of rotatable bonds is 6. The average molecular weight is 468 g/mol. The van der Waals surface area contributed by atoms with Crippen molar-refractivity contribution < 1.29 is 23.5 Å². The highest BCUT2D eigenvalue weighted by molar-refractivity contribution is 6.47. The smallest absolute Gasteiger partial charge is 0.282 e. The van der Waals surface area contributed by atoms with Gasteiger partial charge in [-0.3, -0.25) is 9.59 Å². The SMILES string of the molecule is COc1ccc(NC2=C(c3ccc(F)cc3)C(=O)N(c3cccc4ccccc34)C2=O)cc1OC. The Kier molecular flexibility index (Phi) is 5.66. The predicted octanol–water partition coefficient (Wildman–Crippen LogP) is 5.39. The Morgan fingerprint density at radius 2 is 1.49 bits per heavy atom. The summed E-state index contributed by atoms with van der Waals surface area (Å²) in [6, 6.07) is 23.6. The second kappa shape index (κ2) is 8.95. The third-order valence-corrected chi connectivity index (χ3v) is 5.88. The number of carbonyl (C=O) groups is 2. The van der Waals surface area contributed by atoms with Crippen LogP contribution in [0.25, 0.3) is 16.3 Å². The van der Waals surface area contributed by atoms with Crippen molar-refractivity contribution in [3.63, 3.8) is 0 Å². The van der Waals surface area contributed by atoms with E-state index in [1.807, 2.05) is 30.3 Å². The number of fused-ring (bicyclic) bond motifs is 1. The number of nitrogens with zero attached hydrogens (tertiary/aromatic N) is 1. The molecule has 0 radical (unpaired) electrons. The Balaban J connectivity index is 1.64. The summed E-state index contributed by atoms with van der Waals surface area (Å²) >= 11 is 0. The zero-order valence-corrected chi connectivity index (χ0v) is 19.0. The Morgan fingerprint density at radius 1 is 0.771 bits per heavy atom. The van der Waals surface area contributed by atoms with Gasteiger partial charge in [0.2, 0.25) is 0 Å². The molecule has 0 saturated heterocycles. The summed E-state index contributed by atoms with van der Waals surface area (Å²) in [5.41, 5.74) is 1.66. The van der Waals surface area contributed by atoms with Crippen LogP contribution in [0.3, 0.4) is 0 Å². The van der Waals surface area contributed by atoms with Gasteiger partial charge < -0.3 is 14.8 Å². The molecule has 1 heterocycles. The maximum Gasteiger partial charge on any atom is 0.282 e. The van der Waals surface area contributed by atoms with Crippen LogP contribution in [0.1, 0.15) is 5.56 Å². The molecular weight excluding hydrogens is 447 g/mol. The largest absolute Gasteiger partial charge is 0.493 e. The lowest BCUT2D eigenvalue weighted by molar-refractivity contribution is -0.120. The van der Waals surface area contributed by atoms with Gasteiger partial charge in [-0.2, -0.15) is 0 Å². The molecule has 2 amide bonds. The molecule has 0 fully saturated rings. The van der Waals surface area contributed by atoms with Crippen LogP contribution in [0.15, 0.2) is 90.6 Å². The third kappa shape index (κ3) is 3.87. The van der Waals surface area contributed by atoms with Crippen LogP contribution in [0, 0.1) is 5.82 Å². The first-order valence-electron chi connectivity index (χ1n) is 10.9. The van der Waals surface area contributed by atoms with E-state index in [4.69, 9.17) is 9.47 Å². The second-order valence-electron chi connectivity index (χ2n) is 7.90. The number of halogens is 1. The van der Waals surface area contributed by atoms with E-state index in [0.29, 0.717) is 28.4 Å². The minimum atomic E-state index is -0.513. The highest BCUT2D eigenvalue weighted by Gasteiger charge is 2.41. The summed E-state index contributed by atoms with van der Waals surface area (Å²) in [5, 5.41) is 4.76. The molecule has 0 spiro atoms. The third-order valence-electron chi connectivity index (χ3n) is 5.88. The van der Waals surface area contributed by atoms with Crippen LogP contribution in [-0.4, -0.2) is 26.0 Å². The Labute approximate surface area is 201 Å². The van der Waals surface area contributed by atoms with E-state index in [1.165, 1.54) is 38.5 Å². The quantitative estimate of drug-likeness (QED) is 0.384. The minimum Gasteiger partial charge on any atom is -0.493 e. The summed E-state index contributed by atoms with van der Waals surface area (Å²) in [4.78, 5) is 28.6. The number of hydrogen-bond acceptors (Lipinski definition) is 5. The molecule has 0 unspecified atom stereocenters. The van der Waals surface area contributed by atoms with E-state index >= 15 is 0 Å². The monoisotopic (exact) mass is 468 g/mol. The molecule has 0 aromatic heterocycles. The lowest BCUT2D eigenvalue weighted by Gasteiger charge is -2.18. The average Bonchev–Trinajstić information content (AvgIpc) is 3.13. The molecule has 6 nitrogen and oxygen atoms in total. The molecule has 0 bridgehead atoms. The second-order valence-corrected chi connectivity index (χ2v) is 7.90. The van der Waals surface area contributed by atoms with Gasteiger partial charge in [0.25, 0.3) is 11.8 Å². The van der Waals surface area contributed by atoms with Gasteiger partial charge in [0.05, 0.1) is 25.5 Å². The Morgan fingerprint density at radius 3 is 2.23 bits per heavy atom. The fraction of sp³-hybridized carbons (Fsp3) is 0.0714. The minimum absolute atomic E-state index is 0.0850. The lowest BCUT2D eigenvalue weighted by Crippen LogP contribution is -2.32. The van der Waals surface area contributed by atoms with Gasteiger partial charge in [-0.05, 0) is 41.3 Å². The molecule has 0 saturated carbocycles. The molecule has 7 heteroatoms. The summed E-state index contributed by atoms with van der Waals surface area (Å²) in [6.45, 7) is 0. The van der Waals surface area contributed by atoms with Crippen molar-refractivity contribution in [1.29, 1.82) is 0 Å². The van der Waals surface area contributed by atoms with E-state index in [1.54, 1.807) is 30.3 Å². The van der Waals surface area contributed by atoms with E-state index in [9.17, 15) is 14.0 Å².